The minimum absolute atomic E-state index is 0.179. The van der Waals surface area contributed by atoms with Gasteiger partial charge in [0.25, 0.3) is 0 Å². The fourth-order valence-electron chi connectivity index (χ4n) is 2.25. The van der Waals surface area contributed by atoms with E-state index in [2.05, 4.69) is 13.8 Å². The molecule has 0 saturated heterocycles. The van der Waals surface area contributed by atoms with Gasteiger partial charge in [0.05, 0.1) is 6.61 Å². The van der Waals surface area contributed by atoms with E-state index in [4.69, 9.17) is 9.47 Å². The maximum Gasteiger partial charge on any atom is 0.311 e. The summed E-state index contributed by atoms with van der Waals surface area (Å²) in [5.74, 6) is 0.768. The molecule has 0 amide bonds. The molecule has 0 unspecified atom stereocenters. The van der Waals surface area contributed by atoms with Crippen molar-refractivity contribution in [1.29, 1.82) is 0 Å². The van der Waals surface area contributed by atoms with Crippen molar-refractivity contribution >= 4 is 11.9 Å². The highest BCUT2D eigenvalue weighted by atomic mass is 16.5. The molecule has 0 atom stereocenters. The summed E-state index contributed by atoms with van der Waals surface area (Å²) in [6.07, 6.45) is 3.92. The molecule has 4 nitrogen and oxygen atoms in total. The molecule has 134 valence electrons. The summed E-state index contributed by atoms with van der Waals surface area (Å²) >= 11 is 0. The van der Waals surface area contributed by atoms with Crippen molar-refractivity contribution in [3.63, 3.8) is 0 Å². The van der Waals surface area contributed by atoms with E-state index in [9.17, 15) is 9.59 Å². The molecular formula is C20H30O4. The topological polar surface area (TPSA) is 52.6 Å². The lowest BCUT2D eigenvalue weighted by Crippen LogP contribution is -2.09. The van der Waals surface area contributed by atoms with Gasteiger partial charge in [0.1, 0.15) is 5.75 Å². The number of hydrogen-bond acceptors (Lipinski definition) is 4. The molecule has 0 bridgehead atoms. The first kappa shape index (κ1) is 20.2. The molecule has 0 aliphatic heterocycles. The van der Waals surface area contributed by atoms with Gasteiger partial charge in [-0.15, -0.1) is 0 Å². The highest BCUT2D eigenvalue weighted by Crippen LogP contribution is 2.17. The van der Waals surface area contributed by atoms with Gasteiger partial charge in [0, 0.05) is 12.8 Å². The molecule has 4 heteroatoms. The molecule has 1 aromatic carbocycles. The zero-order valence-corrected chi connectivity index (χ0v) is 15.4. The zero-order valence-electron chi connectivity index (χ0n) is 15.4. The standard InChI is InChI=1S/C20H30O4/c1-15(2)8-7-13-23-19(21)9-5-6-10-20(22)24-18-12-11-16(3)17(4)14-18/h11-12,14-15H,5-10,13H2,1-4H3. The third kappa shape index (κ3) is 8.70. The Kier molecular flexibility index (Phi) is 9.13. The van der Waals surface area contributed by atoms with Crippen molar-refractivity contribution in [1.82, 2.24) is 0 Å². The van der Waals surface area contributed by atoms with Crippen LogP contribution in [0.5, 0.6) is 5.75 Å². The number of carbonyl (C=O) groups excluding carboxylic acids is 2. The number of carbonyl (C=O) groups is 2. The van der Waals surface area contributed by atoms with Crippen molar-refractivity contribution in [2.24, 2.45) is 5.92 Å². The van der Waals surface area contributed by atoms with Crippen molar-refractivity contribution in [3.05, 3.63) is 29.3 Å². The van der Waals surface area contributed by atoms with Crippen LogP contribution in [0.1, 0.15) is 63.5 Å². The SMILES string of the molecule is Cc1ccc(OC(=O)CCCCC(=O)OCCCC(C)C)cc1C. The lowest BCUT2D eigenvalue weighted by atomic mass is 10.1. The number of hydrogen-bond donors (Lipinski definition) is 0. The molecule has 0 aliphatic carbocycles. The van der Waals surface area contributed by atoms with Crippen LogP contribution in [0, 0.1) is 19.8 Å². The van der Waals surface area contributed by atoms with E-state index < -0.39 is 0 Å². The van der Waals surface area contributed by atoms with E-state index in [0.29, 0.717) is 44.0 Å². The van der Waals surface area contributed by atoms with Crippen molar-refractivity contribution in [2.45, 2.75) is 66.2 Å². The number of esters is 2. The Labute approximate surface area is 145 Å². The third-order valence-electron chi connectivity index (χ3n) is 3.91. The summed E-state index contributed by atoms with van der Waals surface area (Å²) in [5, 5.41) is 0. The third-order valence-corrected chi connectivity index (χ3v) is 3.91. The predicted molar refractivity (Wildman–Crippen MR) is 95.1 cm³/mol. The average molecular weight is 334 g/mol. The Morgan fingerprint density at radius 2 is 1.62 bits per heavy atom. The van der Waals surface area contributed by atoms with Crippen LogP contribution in [0.3, 0.4) is 0 Å². The van der Waals surface area contributed by atoms with Crippen molar-refractivity contribution in [2.75, 3.05) is 6.61 Å². The van der Waals surface area contributed by atoms with E-state index in [-0.39, 0.29) is 11.9 Å². The van der Waals surface area contributed by atoms with Gasteiger partial charge in [0.15, 0.2) is 0 Å². The van der Waals surface area contributed by atoms with Crippen LogP contribution in [-0.2, 0) is 14.3 Å². The molecule has 0 aliphatic rings. The van der Waals surface area contributed by atoms with Crippen LogP contribution < -0.4 is 4.74 Å². The Bertz CT molecular complexity index is 534. The molecule has 0 aromatic heterocycles. The molecule has 0 saturated carbocycles. The maximum absolute atomic E-state index is 11.8. The number of unbranched alkanes of at least 4 members (excludes halogenated alkanes) is 1. The Morgan fingerprint density at radius 3 is 2.25 bits per heavy atom. The summed E-state index contributed by atoms with van der Waals surface area (Å²) in [7, 11) is 0. The lowest BCUT2D eigenvalue weighted by Gasteiger charge is -2.07. The van der Waals surface area contributed by atoms with Gasteiger partial charge in [-0.1, -0.05) is 19.9 Å². The van der Waals surface area contributed by atoms with Crippen LogP contribution in [0.4, 0.5) is 0 Å². The first-order valence-corrected chi connectivity index (χ1v) is 8.82. The fraction of sp³-hybridized carbons (Fsp3) is 0.600. The molecule has 0 fully saturated rings. The van der Waals surface area contributed by atoms with Gasteiger partial charge >= 0.3 is 11.9 Å². The van der Waals surface area contributed by atoms with Gasteiger partial charge in [0.2, 0.25) is 0 Å². The van der Waals surface area contributed by atoms with Gasteiger partial charge < -0.3 is 9.47 Å². The second-order valence-electron chi connectivity index (χ2n) is 6.68. The van der Waals surface area contributed by atoms with Crippen LogP contribution in [-0.4, -0.2) is 18.5 Å². The Hall–Kier alpha value is -1.84. The highest BCUT2D eigenvalue weighted by molar-refractivity contribution is 5.72. The minimum Gasteiger partial charge on any atom is -0.466 e. The van der Waals surface area contributed by atoms with E-state index in [1.807, 2.05) is 26.0 Å². The molecule has 0 radical (unpaired) electrons. The van der Waals surface area contributed by atoms with Crippen LogP contribution in [0.25, 0.3) is 0 Å². The molecule has 0 N–H and O–H groups in total. The number of ether oxygens (including phenoxy) is 2. The van der Waals surface area contributed by atoms with E-state index in [1.54, 1.807) is 6.07 Å². The summed E-state index contributed by atoms with van der Waals surface area (Å²) < 4.78 is 10.5. The number of aryl methyl sites for hydroxylation is 2. The maximum atomic E-state index is 11.8. The molecule has 24 heavy (non-hydrogen) atoms. The van der Waals surface area contributed by atoms with Gasteiger partial charge in [-0.05, 0) is 68.7 Å². The molecular weight excluding hydrogens is 304 g/mol. The van der Waals surface area contributed by atoms with E-state index in [0.717, 1.165) is 18.4 Å². The molecule has 0 spiro atoms. The predicted octanol–water partition coefficient (Wildman–Crippen LogP) is 4.75. The summed E-state index contributed by atoms with van der Waals surface area (Å²) in [4.78, 5) is 23.3. The van der Waals surface area contributed by atoms with Crippen LogP contribution >= 0.6 is 0 Å². The zero-order chi connectivity index (χ0) is 17.9. The van der Waals surface area contributed by atoms with Crippen LogP contribution in [0.2, 0.25) is 0 Å². The van der Waals surface area contributed by atoms with Gasteiger partial charge in [-0.3, -0.25) is 9.59 Å². The van der Waals surface area contributed by atoms with Crippen molar-refractivity contribution in [3.8, 4) is 5.75 Å². The number of benzene rings is 1. The monoisotopic (exact) mass is 334 g/mol. The van der Waals surface area contributed by atoms with Gasteiger partial charge in [-0.2, -0.15) is 0 Å². The second-order valence-corrected chi connectivity index (χ2v) is 6.68. The highest BCUT2D eigenvalue weighted by Gasteiger charge is 2.08. The average Bonchev–Trinajstić information content (AvgIpc) is 2.51. The first-order valence-electron chi connectivity index (χ1n) is 8.82. The smallest absolute Gasteiger partial charge is 0.311 e. The van der Waals surface area contributed by atoms with Crippen LogP contribution in [0.15, 0.2) is 18.2 Å². The van der Waals surface area contributed by atoms with Crippen molar-refractivity contribution < 1.29 is 19.1 Å². The quantitative estimate of drug-likeness (QED) is 0.352. The molecule has 1 aromatic rings. The summed E-state index contributed by atoms with van der Waals surface area (Å²) in [6.45, 7) is 8.80. The first-order chi connectivity index (χ1) is 11.4. The molecule has 0 heterocycles. The normalized spacial score (nSPS) is 10.7. The summed E-state index contributed by atoms with van der Waals surface area (Å²) in [5.41, 5.74) is 2.27. The van der Waals surface area contributed by atoms with E-state index >= 15 is 0 Å². The number of rotatable bonds is 10. The largest absolute Gasteiger partial charge is 0.466 e. The molecule has 1 rings (SSSR count). The Balaban J connectivity index is 2.12. The fourth-order valence-corrected chi connectivity index (χ4v) is 2.25. The Morgan fingerprint density at radius 1 is 0.958 bits per heavy atom. The van der Waals surface area contributed by atoms with E-state index in [1.165, 1.54) is 5.56 Å². The summed E-state index contributed by atoms with van der Waals surface area (Å²) in [6, 6.07) is 5.60. The minimum atomic E-state index is -0.261. The lowest BCUT2D eigenvalue weighted by molar-refractivity contribution is -0.144. The second kappa shape index (κ2) is 10.8. The van der Waals surface area contributed by atoms with Gasteiger partial charge in [-0.25, -0.2) is 0 Å².